The Morgan fingerprint density at radius 1 is 0.974 bits per heavy atom. The molecule has 0 atom stereocenters. The molecule has 4 rings (SSSR count). The minimum Gasteiger partial charge on any atom is -0.378 e. The summed E-state index contributed by atoms with van der Waals surface area (Å²) in [4.78, 5) is 40.3. The molecule has 1 aliphatic rings. The van der Waals surface area contributed by atoms with Crippen molar-refractivity contribution in [2.75, 3.05) is 30.1 Å². The highest BCUT2D eigenvalue weighted by Gasteiger charge is 2.48. The van der Waals surface area contributed by atoms with E-state index in [4.69, 9.17) is 0 Å². The molecule has 0 aliphatic heterocycles. The Balaban J connectivity index is 1.61. The molecule has 0 bridgehead atoms. The lowest BCUT2D eigenvalue weighted by molar-refractivity contribution is -0.144. The van der Waals surface area contributed by atoms with Gasteiger partial charge in [-0.1, -0.05) is 36.7 Å². The molecule has 0 spiro atoms. The number of carbonyl (C=O) groups excluding carboxylic acids is 2. The Kier molecular flexibility index (Phi) is 8.66. The summed E-state index contributed by atoms with van der Waals surface area (Å²) >= 11 is 1.27. The number of rotatable bonds is 9. The zero-order valence-electron chi connectivity index (χ0n) is 22.3. The summed E-state index contributed by atoms with van der Waals surface area (Å²) in [6.07, 6.45) is 2.81. The number of anilines is 2. The van der Waals surface area contributed by atoms with Gasteiger partial charge in [0.2, 0.25) is 11.8 Å². The van der Waals surface area contributed by atoms with Crippen molar-refractivity contribution in [3.63, 3.8) is 0 Å². The summed E-state index contributed by atoms with van der Waals surface area (Å²) in [6, 6.07) is 15.6. The molecule has 3 aromatic rings. The number of aromatic nitrogens is 2. The molecule has 2 amide bonds. The van der Waals surface area contributed by atoms with Gasteiger partial charge < -0.3 is 15.1 Å². The minimum absolute atomic E-state index is 0.0939. The van der Waals surface area contributed by atoms with Crippen molar-refractivity contribution >= 4 is 35.0 Å². The second-order valence-corrected chi connectivity index (χ2v) is 10.9. The van der Waals surface area contributed by atoms with Crippen molar-refractivity contribution in [3.8, 4) is 0 Å². The Morgan fingerprint density at radius 2 is 1.58 bits per heavy atom. The predicted molar refractivity (Wildman–Crippen MR) is 150 cm³/mol. The predicted octanol–water partition coefficient (Wildman–Crippen LogP) is 5.37. The Bertz CT molecular complexity index is 1250. The van der Waals surface area contributed by atoms with Crippen molar-refractivity contribution in [2.24, 2.45) is 0 Å². The average Bonchev–Trinajstić information content (AvgIpc) is 3.38. The van der Waals surface area contributed by atoms with Crippen LogP contribution < -0.4 is 10.2 Å². The zero-order chi connectivity index (χ0) is 27.3. The SMILES string of the molecule is Cc1cc(C)nc(SCC(=O)N(Cc2ccc(F)cc2)C2(C(=O)Nc3ccc(N(C)C)cc3)CCCC2)n1. The first-order chi connectivity index (χ1) is 18.2. The van der Waals surface area contributed by atoms with Gasteiger partial charge in [-0.15, -0.1) is 0 Å². The molecule has 1 fully saturated rings. The van der Waals surface area contributed by atoms with E-state index in [-0.39, 0.29) is 29.9 Å². The molecule has 0 saturated heterocycles. The molecule has 0 unspecified atom stereocenters. The lowest BCUT2D eigenvalue weighted by Crippen LogP contribution is -2.57. The van der Waals surface area contributed by atoms with E-state index in [1.807, 2.05) is 63.2 Å². The van der Waals surface area contributed by atoms with Gasteiger partial charge in [0.25, 0.3) is 0 Å². The molecule has 200 valence electrons. The van der Waals surface area contributed by atoms with Crippen molar-refractivity contribution in [1.29, 1.82) is 0 Å². The molecule has 1 N–H and O–H groups in total. The summed E-state index contributed by atoms with van der Waals surface area (Å²) in [6.45, 7) is 4.00. The molecule has 1 saturated carbocycles. The number of aryl methyl sites for hydroxylation is 2. The molecule has 1 heterocycles. The molecule has 7 nitrogen and oxygen atoms in total. The molecule has 0 radical (unpaired) electrons. The van der Waals surface area contributed by atoms with Gasteiger partial charge in [0.1, 0.15) is 11.4 Å². The van der Waals surface area contributed by atoms with Gasteiger partial charge in [0.15, 0.2) is 5.16 Å². The third kappa shape index (κ3) is 6.51. The van der Waals surface area contributed by atoms with Crippen LogP contribution in [0.2, 0.25) is 0 Å². The van der Waals surface area contributed by atoms with Crippen LogP contribution in [0, 0.1) is 19.7 Å². The fourth-order valence-electron chi connectivity index (χ4n) is 4.88. The lowest BCUT2D eigenvalue weighted by atomic mass is 9.92. The molecule has 1 aromatic heterocycles. The van der Waals surface area contributed by atoms with E-state index in [1.165, 1.54) is 23.9 Å². The molecule has 9 heteroatoms. The summed E-state index contributed by atoms with van der Waals surface area (Å²) in [7, 11) is 3.92. The lowest BCUT2D eigenvalue weighted by Gasteiger charge is -2.40. The van der Waals surface area contributed by atoms with Crippen LogP contribution in [0.15, 0.2) is 59.8 Å². The Morgan fingerprint density at radius 3 is 2.16 bits per heavy atom. The summed E-state index contributed by atoms with van der Waals surface area (Å²) < 4.78 is 13.6. The maximum Gasteiger partial charge on any atom is 0.250 e. The number of hydrogen-bond donors (Lipinski definition) is 1. The molecular formula is C29H34FN5O2S. The van der Waals surface area contributed by atoms with E-state index < -0.39 is 5.54 Å². The van der Waals surface area contributed by atoms with Crippen LogP contribution in [-0.2, 0) is 16.1 Å². The summed E-state index contributed by atoms with van der Waals surface area (Å²) in [5, 5.41) is 3.60. The van der Waals surface area contributed by atoms with Crippen LogP contribution in [0.3, 0.4) is 0 Å². The maximum atomic E-state index is 13.9. The number of hydrogen-bond acceptors (Lipinski definition) is 6. The third-order valence-corrected chi connectivity index (χ3v) is 7.69. The van der Waals surface area contributed by atoms with Gasteiger partial charge in [-0.3, -0.25) is 9.59 Å². The maximum absolute atomic E-state index is 13.9. The van der Waals surface area contributed by atoms with Gasteiger partial charge in [-0.25, -0.2) is 14.4 Å². The van der Waals surface area contributed by atoms with Crippen LogP contribution in [0.4, 0.5) is 15.8 Å². The monoisotopic (exact) mass is 535 g/mol. The Labute approximate surface area is 227 Å². The van der Waals surface area contributed by atoms with Gasteiger partial charge in [-0.2, -0.15) is 0 Å². The number of nitrogens with one attached hydrogen (secondary N) is 1. The number of carbonyl (C=O) groups is 2. The van der Waals surface area contributed by atoms with Crippen LogP contribution in [0.1, 0.15) is 42.6 Å². The van der Waals surface area contributed by atoms with Crippen LogP contribution >= 0.6 is 11.8 Å². The summed E-state index contributed by atoms with van der Waals surface area (Å²) in [5.41, 5.74) is 3.14. The van der Waals surface area contributed by atoms with E-state index in [0.717, 1.165) is 35.5 Å². The molecular weight excluding hydrogens is 501 g/mol. The number of amides is 2. The van der Waals surface area contributed by atoms with Crippen LogP contribution in [0.25, 0.3) is 0 Å². The second-order valence-electron chi connectivity index (χ2n) is 9.96. The minimum atomic E-state index is -1.00. The van der Waals surface area contributed by atoms with E-state index in [1.54, 1.807) is 17.0 Å². The first kappa shape index (κ1) is 27.6. The fourth-order valence-corrected chi connectivity index (χ4v) is 5.71. The van der Waals surface area contributed by atoms with Crippen molar-refractivity contribution in [3.05, 3.63) is 77.4 Å². The molecule has 2 aromatic carbocycles. The fraction of sp³-hybridized carbons (Fsp3) is 0.379. The number of halogens is 1. The highest BCUT2D eigenvalue weighted by molar-refractivity contribution is 7.99. The number of thioether (sulfide) groups is 1. The largest absolute Gasteiger partial charge is 0.378 e. The van der Waals surface area contributed by atoms with Gasteiger partial charge >= 0.3 is 0 Å². The van der Waals surface area contributed by atoms with E-state index in [2.05, 4.69) is 15.3 Å². The van der Waals surface area contributed by atoms with Crippen LogP contribution in [-0.4, -0.2) is 52.1 Å². The first-order valence-corrected chi connectivity index (χ1v) is 13.7. The topological polar surface area (TPSA) is 78.4 Å². The average molecular weight is 536 g/mol. The van der Waals surface area contributed by atoms with Gasteiger partial charge in [-0.05, 0) is 74.7 Å². The number of benzene rings is 2. The van der Waals surface area contributed by atoms with Crippen molar-refractivity contribution in [1.82, 2.24) is 14.9 Å². The van der Waals surface area contributed by atoms with Crippen molar-refractivity contribution in [2.45, 2.75) is 56.8 Å². The van der Waals surface area contributed by atoms with Crippen molar-refractivity contribution < 1.29 is 14.0 Å². The van der Waals surface area contributed by atoms with E-state index in [0.29, 0.717) is 23.7 Å². The zero-order valence-corrected chi connectivity index (χ0v) is 23.1. The van der Waals surface area contributed by atoms with E-state index in [9.17, 15) is 14.0 Å². The second kappa shape index (κ2) is 11.9. The quantitative estimate of drug-likeness (QED) is 0.293. The highest BCUT2D eigenvalue weighted by Crippen LogP contribution is 2.38. The third-order valence-electron chi connectivity index (χ3n) is 6.85. The molecule has 1 aliphatic carbocycles. The highest BCUT2D eigenvalue weighted by atomic mass is 32.2. The van der Waals surface area contributed by atoms with Crippen LogP contribution in [0.5, 0.6) is 0 Å². The van der Waals surface area contributed by atoms with Gasteiger partial charge in [0.05, 0.1) is 5.75 Å². The summed E-state index contributed by atoms with van der Waals surface area (Å²) in [5.74, 6) is -0.627. The first-order valence-electron chi connectivity index (χ1n) is 12.8. The van der Waals surface area contributed by atoms with E-state index >= 15 is 0 Å². The number of nitrogens with zero attached hydrogens (tertiary/aromatic N) is 4. The Hall–Kier alpha value is -3.46. The van der Waals surface area contributed by atoms with Gasteiger partial charge in [0, 0.05) is 43.4 Å². The standard InChI is InChI=1S/C29H34FN5O2S/c1-20-17-21(2)32-28(31-20)38-19-26(36)35(18-22-7-9-23(30)10-8-22)29(15-5-6-16-29)27(37)33-24-11-13-25(14-12-24)34(3)4/h7-14,17H,5-6,15-16,18-19H2,1-4H3,(H,33,37). The smallest absolute Gasteiger partial charge is 0.250 e. The normalized spacial score (nSPS) is 14.2. The molecule has 38 heavy (non-hydrogen) atoms.